The van der Waals surface area contributed by atoms with Crippen molar-refractivity contribution in [2.45, 2.75) is 12.7 Å². The van der Waals surface area contributed by atoms with Crippen LogP contribution in [0.1, 0.15) is 11.1 Å². The molecule has 8 heteroatoms. The Morgan fingerprint density at radius 1 is 0.885 bits per heavy atom. The summed E-state index contributed by atoms with van der Waals surface area (Å²) in [5.41, 5.74) is 7.28. The van der Waals surface area contributed by atoms with E-state index in [-0.39, 0.29) is 30.5 Å². The minimum Gasteiger partial charge on any atom is -0.397 e. The van der Waals surface area contributed by atoms with Crippen molar-refractivity contribution in [2.24, 2.45) is 0 Å². The molecule has 0 unspecified atom stereocenters. The van der Waals surface area contributed by atoms with E-state index < -0.39 is 11.7 Å². The zero-order valence-corrected chi connectivity index (χ0v) is 15.7. The zero-order chi connectivity index (χ0) is 17.2. The van der Waals surface area contributed by atoms with Crippen molar-refractivity contribution in [3.8, 4) is 0 Å². The van der Waals surface area contributed by atoms with Crippen LogP contribution in [0.2, 0.25) is 0 Å². The SMILES string of the molecule is Cl.Cl.Nc1cc(C(F)(F)F)ccc1N1CCN(Cc2ccccc2)CC1. The van der Waals surface area contributed by atoms with Gasteiger partial charge in [-0.1, -0.05) is 30.3 Å². The highest BCUT2D eigenvalue weighted by atomic mass is 35.5. The molecular weight excluding hydrogens is 386 g/mol. The van der Waals surface area contributed by atoms with Gasteiger partial charge in [0.25, 0.3) is 0 Å². The lowest BCUT2D eigenvalue weighted by Crippen LogP contribution is -2.46. The first-order chi connectivity index (χ1) is 11.4. The summed E-state index contributed by atoms with van der Waals surface area (Å²) in [5.74, 6) is 0. The van der Waals surface area contributed by atoms with Crippen molar-refractivity contribution in [1.29, 1.82) is 0 Å². The van der Waals surface area contributed by atoms with Gasteiger partial charge in [-0.15, -0.1) is 24.8 Å². The highest BCUT2D eigenvalue weighted by Gasteiger charge is 2.31. The zero-order valence-electron chi connectivity index (χ0n) is 14.1. The number of hydrogen-bond acceptors (Lipinski definition) is 3. The first kappa shape index (κ1) is 22.4. The Balaban J connectivity index is 0.00000169. The molecule has 2 aromatic rings. The Kier molecular flexibility index (Phi) is 8.06. The second kappa shape index (κ2) is 9.35. The highest BCUT2D eigenvalue weighted by molar-refractivity contribution is 5.85. The summed E-state index contributed by atoms with van der Waals surface area (Å²) in [5, 5.41) is 0. The third kappa shape index (κ3) is 5.43. The van der Waals surface area contributed by atoms with Gasteiger partial charge in [0, 0.05) is 32.7 Å². The molecule has 1 saturated heterocycles. The van der Waals surface area contributed by atoms with E-state index >= 15 is 0 Å². The van der Waals surface area contributed by atoms with E-state index in [1.54, 1.807) is 0 Å². The number of anilines is 2. The molecular formula is C18H22Cl2F3N3. The lowest BCUT2D eigenvalue weighted by molar-refractivity contribution is -0.137. The maximum absolute atomic E-state index is 12.7. The molecule has 1 fully saturated rings. The smallest absolute Gasteiger partial charge is 0.397 e. The fourth-order valence-corrected chi connectivity index (χ4v) is 3.01. The van der Waals surface area contributed by atoms with E-state index in [4.69, 9.17) is 5.73 Å². The van der Waals surface area contributed by atoms with Crippen LogP contribution in [0.25, 0.3) is 0 Å². The average Bonchev–Trinajstić information content (AvgIpc) is 2.56. The molecule has 2 aromatic carbocycles. The second-order valence-corrected chi connectivity index (χ2v) is 6.02. The topological polar surface area (TPSA) is 32.5 Å². The van der Waals surface area contributed by atoms with Crippen LogP contribution >= 0.6 is 24.8 Å². The molecule has 1 heterocycles. The minimum atomic E-state index is -4.36. The van der Waals surface area contributed by atoms with E-state index in [1.807, 2.05) is 18.2 Å². The molecule has 3 rings (SSSR count). The standard InChI is InChI=1S/C18H20F3N3.2ClH/c19-18(20,21)15-6-7-17(16(22)12-15)24-10-8-23(9-11-24)13-14-4-2-1-3-5-14;;/h1-7,12H,8-11,13,22H2;2*1H. The van der Waals surface area contributed by atoms with Gasteiger partial charge in [0.15, 0.2) is 0 Å². The summed E-state index contributed by atoms with van der Waals surface area (Å²) in [7, 11) is 0. The maximum atomic E-state index is 12.7. The normalized spacial score (nSPS) is 15.1. The Labute approximate surface area is 163 Å². The van der Waals surface area contributed by atoms with E-state index in [0.717, 1.165) is 44.9 Å². The lowest BCUT2D eigenvalue weighted by atomic mass is 10.1. The fraction of sp³-hybridized carbons (Fsp3) is 0.333. The van der Waals surface area contributed by atoms with E-state index in [2.05, 4.69) is 21.9 Å². The quantitative estimate of drug-likeness (QED) is 0.762. The number of piperazine rings is 1. The number of alkyl halides is 3. The summed E-state index contributed by atoms with van der Waals surface area (Å²) in [6.45, 7) is 4.10. The van der Waals surface area contributed by atoms with Gasteiger partial charge < -0.3 is 10.6 Å². The van der Waals surface area contributed by atoms with Crippen molar-refractivity contribution in [2.75, 3.05) is 36.8 Å². The van der Waals surface area contributed by atoms with Crippen LogP contribution in [-0.2, 0) is 12.7 Å². The predicted molar refractivity (Wildman–Crippen MR) is 104 cm³/mol. The van der Waals surface area contributed by atoms with E-state index in [9.17, 15) is 13.2 Å². The molecule has 1 aliphatic rings. The first-order valence-corrected chi connectivity index (χ1v) is 7.91. The summed E-state index contributed by atoms with van der Waals surface area (Å²) in [6, 6.07) is 13.8. The number of nitrogens with two attached hydrogens (primary N) is 1. The van der Waals surface area contributed by atoms with Gasteiger partial charge in [0.1, 0.15) is 0 Å². The fourth-order valence-electron chi connectivity index (χ4n) is 3.01. The molecule has 0 aliphatic carbocycles. The molecule has 0 radical (unpaired) electrons. The lowest BCUT2D eigenvalue weighted by Gasteiger charge is -2.36. The van der Waals surface area contributed by atoms with Gasteiger partial charge in [0.05, 0.1) is 16.9 Å². The van der Waals surface area contributed by atoms with Crippen LogP contribution in [0.5, 0.6) is 0 Å². The molecule has 0 saturated carbocycles. The van der Waals surface area contributed by atoms with Gasteiger partial charge >= 0.3 is 6.18 Å². The van der Waals surface area contributed by atoms with Crippen molar-refractivity contribution >= 4 is 36.2 Å². The second-order valence-electron chi connectivity index (χ2n) is 6.02. The molecule has 0 atom stereocenters. The minimum absolute atomic E-state index is 0. The van der Waals surface area contributed by atoms with E-state index in [1.165, 1.54) is 11.6 Å². The Morgan fingerprint density at radius 2 is 1.50 bits per heavy atom. The number of nitrogens with zero attached hydrogens (tertiary/aromatic N) is 2. The van der Waals surface area contributed by atoms with E-state index in [0.29, 0.717) is 5.69 Å². The van der Waals surface area contributed by atoms with Gasteiger partial charge in [0.2, 0.25) is 0 Å². The van der Waals surface area contributed by atoms with Crippen LogP contribution in [-0.4, -0.2) is 31.1 Å². The number of hydrogen-bond donors (Lipinski definition) is 1. The molecule has 144 valence electrons. The van der Waals surface area contributed by atoms with Crippen LogP contribution < -0.4 is 10.6 Å². The Hall–Kier alpha value is -1.63. The first-order valence-electron chi connectivity index (χ1n) is 7.91. The molecule has 2 N–H and O–H groups in total. The Bertz CT molecular complexity index is 688. The molecule has 0 aromatic heterocycles. The van der Waals surface area contributed by atoms with Gasteiger partial charge in [-0.2, -0.15) is 13.2 Å². The highest BCUT2D eigenvalue weighted by Crippen LogP contribution is 2.34. The largest absolute Gasteiger partial charge is 0.416 e. The third-order valence-electron chi connectivity index (χ3n) is 4.32. The summed E-state index contributed by atoms with van der Waals surface area (Å²) >= 11 is 0. The average molecular weight is 408 g/mol. The predicted octanol–water partition coefficient (Wildman–Crippen LogP) is 4.45. The molecule has 0 bridgehead atoms. The molecule has 1 aliphatic heterocycles. The monoisotopic (exact) mass is 407 g/mol. The van der Waals surface area contributed by atoms with Crippen molar-refractivity contribution < 1.29 is 13.2 Å². The van der Waals surface area contributed by atoms with Crippen LogP contribution in [0.3, 0.4) is 0 Å². The van der Waals surface area contributed by atoms with Crippen molar-refractivity contribution in [1.82, 2.24) is 4.90 Å². The summed E-state index contributed by atoms with van der Waals surface area (Å²) < 4.78 is 38.2. The van der Waals surface area contributed by atoms with Gasteiger partial charge in [-0.3, -0.25) is 4.90 Å². The van der Waals surface area contributed by atoms with Gasteiger partial charge in [-0.25, -0.2) is 0 Å². The number of halogens is 5. The van der Waals surface area contributed by atoms with Crippen LogP contribution in [0.4, 0.5) is 24.5 Å². The molecule has 3 nitrogen and oxygen atoms in total. The Morgan fingerprint density at radius 3 is 2.04 bits per heavy atom. The maximum Gasteiger partial charge on any atom is 0.416 e. The molecule has 26 heavy (non-hydrogen) atoms. The van der Waals surface area contributed by atoms with Gasteiger partial charge in [-0.05, 0) is 23.8 Å². The summed E-state index contributed by atoms with van der Waals surface area (Å²) in [4.78, 5) is 4.39. The van der Waals surface area contributed by atoms with Crippen LogP contribution in [0, 0.1) is 0 Å². The van der Waals surface area contributed by atoms with Crippen LogP contribution in [0.15, 0.2) is 48.5 Å². The van der Waals surface area contributed by atoms with Crippen molar-refractivity contribution in [3.63, 3.8) is 0 Å². The summed E-state index contributed by atoms with van der Waals surface area (Å²) in [6.07, 6.45) is -4.36. The van der Waals surface area contributed by atoms with Crippen molar-refractivity contribution in [3.05, 3.63) is 59.7 Å². The molecule has 0 amide bonds. The number of benzene rings is 2. The molecule has 0 spiro atoms. The number of nitrogen functional groups attached to an aromatic ring is 1. The third-order valence-corrected chi connectivity index (χ3v) is 4.32. The number of rotatable bonds is 3.